The van der Waals surface area contributed by atoms with Crippen LogP contribution >= 0.6 is 15.9 Å². The van der Waals surface area contributed by atoms with E-state index < -0.39 is 0 Å². The van der Waals surface area contributed by atoms with Gasteiger partial charge in [0.15, 0.2) is 0 Å². The van der Waals surface area contributed by atoms with Gasteiger partial charge >= 0.3 is 0 Å². The molecule has 70 valence electrons. The fourth-order valence-electron chi connectivity index (χ4n) is 1.21. The predicted octanol–water partition coefficient (Wildman–Crippen LogP) is 3.09. The summed E-state index contributed by atoms with van der Waals surface area (Å²) < 4.78 is 0.693. The van der Waals surface area contributed by atoms with Crippen LogP contribution in [0.15, 0.2) is 47.1 Å². The van der Waals surface area contributed by atoms with Crippen LogP contribution in [-0.2, 0) is 0 Å². The fraction of sp³-hybridized carbons (Fsp3) is 0. The molecule has 0 amide bonds. The monoisotopic (exact) mass is 248 g/mol. The Balaban J connectivity index is 2.48. The van der Waals surface area contributed by atoms with Crippen LogP contribution in [0.1, 0.15) is 0 Å². The van der Waals surface area contributed by atoms with Crippen LogP contribution in [0.25, 0.3) is 11.3 Å². The lowest BCUT2D eigenvalue weighted by atomic mass is 10.1. The molecule has 0 saturated carbocycles. The molecule has 0 spiro atoms. The number of pyridine rings is 1. The third kappa shape index (κ3) is 1.77. The number of aromatic nitrogens is 1. The van der Waals surface area contributed by atoms with Gasteiger partial charge in [0.1, 0.15) is 4.60 Å². The molecule has 0 atom stereocenters. The van der Waals surface area contributed by atoms with E-state index in [-0.39, 0.29) is 0 Å². The number of nitrogens with two attached hydrogens (primary N) is 1. The first-order valence-electron chi connectivity index (χ1n) is 4.25. The molecule has 0 radical (unpaired) electrons. The van der Waals surface area contributed by atoms with Crippen molar-refractivity contribution in [1.82, 2.24) is 4.98 Å². The molecule has 2 N–H and O–H groups in total. The zero-order valence-corrected chi connectivity index (χ0v) is 9.03. The zero-order chi connectivity index (χ0) is 9.97. The highest BCUT2D eigenvalue weighted by atomic mass is 79.9. The van der Waals surface area contributed by atoms with Crippen molar-refractivity contribution in [3.8, 4) is 11.3 Å². The van der Waals surface area contributed by atoms with Crippen molar-refractivity contribution in [2.45, 2.75) is 0 Å². The maximum Gasteiger partial charge on any atom is 0.129 e. The Labute approximate surface area is 90.9 Å². The quantitative estimate of drug-likeness (QED) is 0.788. The van der Waals surface area contributed by atoms with Gasteiger partial charge in [-0.1, -0.05) is 30.3 Å². The molecule has 2 rings (SSSR count). The molecule has 14 heavy (non-hydrogen) atoms. The number of nitrogens with zero attached hydrogens (tertiary/aromatic N) is 1. The highest BCUT2D eigenvalue weighted by molar-refractivity contribution is 9.10. The summed E-state index contributed by atoms with van der Waals surface area (Å²) in [6.45, 7) is 0. The Bertz CT molecular complexity index is 440. The standard InChI is InChI=1S/C11H9BrN2/c12-11-9(13)6-7-10(14-11)8-4-2-1-3-5-8/h1-7H,13H2. The van der Waals surface area contributed by atoms with E-state index in [2.05, 4.69) is 20.9 Å². The van der Waals surface area contributed by atoms with E-state index in [0.717, 1.165) is 11.3 Å². The van der Waals surface area contributed by atoms with E-state index in [4.69, 9.17) is 5.73 Å². The number of hydrogen-bond donors (Lipinski definition) is 1. The van der Waals surface area contributed by atoms with E-state index in [9.17, 15) is 0 Å². The highest BCUT2D eigenvalue weighted by Crippen LogP contribution is 2.22. The van der Waals surface area contributed by atoms with Crippen LogP contribution in [-0.4, -0.2) is 4.98 Å². The van der Waals surface area contributed by atoms with Crippen molar-refractivity contribution < 1.29 is 0 Å². The molecule has 2 aromatic rings. The molecule has 0 bridgehead atoms. The van der Waals surface area contributed by atoms with Crippen molar-refractivity contribution >= 4 is 21.6 Å². The van der Waals surface area contributed by atoms with E-state index in [1.54, 1.807) is 0 Å². The Morgan fingerprint density at radius 3 is 2.36 bits per heavy atom. The summed E-state index contributed by atoms with van der Waals surface area (Å²) >= 11 is 3.31. The smallest absolute Gasteiger partial charge is 0.129 e. The summed E-state index contributed by atoms with van der Waals surface area (Å²) in [6.07, 6.45) is 0. The van der Waals surface area contributed by atoms with Crippen LogP contribution in [0, 0.1) is 0 Å². The van der Waals surface area contributed by atoms with Gasteiger partial charge in [0.25, 0.3) is 0 Å². The minimum atomic E-state index is 0.657. The molecular weight excluding hydrogens is 240 g/mol. The predicted molar refractivity (Wildman–Crippen MR) is 61.8 cm³/mol. The van der Waals surface area contributed by atoms with E-state index >= 15 is 0 Å². The largest absolute Gasteiger partial charge is 0.397 e. The summed E-state index contributed by atoms with van der Waals surface area (Å²) in [5.74, 6) is 0. The molecule has 0 unspecified atom stereocenters. The molecule has 3 heteroatoms. The van der Waals surface area contributed by atoms with Crippen molar-refractivity contribution in [3.05, 3.63) is 47.1 Å². The van der Waals surface area contributed by atoms with E-state index in [0.29, 0.717) is 10.3 Å². The van der Waals surface area contributed by atoms with Gasteiger partial charge in [-0.05, 0) is 28.1 Å². The number of nitrogen functional groups attached to an aromatic ring is 1. The van der Waals surface area contributed by atoms with Gasteiger partial charge in [-0.25, -0.2) is 4.98 Å². The molecule has 1 aromatic heterocycles. The third-order valence-electron chi connectivity index (χ3n) is 1.95. The highest BCUT2D eigenvalue weighted by Gasteiger charge is 2.01. The Hall–Kier alpha value is -1.35. The minimum Gasteiger partial charge on any atom is -0.397 e. The Kier molecular flexibility index (Phi) is 2.50. The number of halogens is 1. The Morgan fingerprint density at radius 1 is 1.00 bits per heavy atom. The van der Waals surface area contributed by atoms with Crippen molar-refractivity contribution in [2.24, 2.45) is 0 Å². The van der Waals surface area contributed by atoms with Gasteiger partial charge in [0.2, 0.25) is 0 Å². The summed E-state index contributed by atoms with van der Waals surface area (Å²) in [4.78, 5) is 4.33. The number of rotatable bonds is 1. The topological polar surface area (TPSA) is 38.9 Å². The van der Waals surface area contributed by atoms with Gasteiger partial charge in [-0.3, -0.25) is 0 Å². The lowest BCUT2D eigenvalue weighted by Crippen LogP contribution is -1.91. The van der Waals surface area contributed by atoms with E-state index in [1.165, 1.54) is 0 Å². The molecule has 0 aliphatic carbocycles. The first-order chi connectivity index (χ1) is 6.77. The molecule has 0 saturated heterocycles. The second kappa shape index (κ2) is 3.80. The first kappa shape index (κ1) is 9.21. The molecule has 1 heterocycles. The number of benzene rings is 1. The summed E-state index contributed by atoms with van der Waals surface area (Å²) in [5.41, 5.74) is 8.33. The van der Waals surface area contributed by atoms with E-state index in [1.807, 2.05) is 42.5 Å². The summed E-state index contributed by atoms with van der Waals surface area (Å²) in [5, 5.41) is 0. The molecule has 0 aliphatic heterocycles. The Morgan fingerprint density at radius 2 is 1.71 bits per heavy atom. The lowest BCUT2D eigenvalue weighted by molar-refractivity contribution is 1.28. The van der Waals surface area contributed by atoms with Gasteiger partial charge in [0, 0.05) is 5.56 Å². The summed E-state index contributed by atoms with van der Waals surface area (Å²) in [7, 11) is 0. The van der Waals surface area contributed by atoms with Crippen LogP contribution in [0.2, 0.25) is 0 Å². The average molecular weight is 249 g/mol. The van der Waals surface area contributed by atoms with Crippen molar-refractivity contribution in [3.63, 3.8) is 0 Å². The molecule has 1 aromatic carbocycles. The average Bonchev–Trinajstić information content (AvgIpc) is 2.23. The maximum atomic E-state index is 5.66. The first-order valence-corrected chi connectivity index (χ1v) is 5.04. The van der Waals surface area contributed by atoms with Gasteiger partial charge in [-0.15, -0.1) is 0 Å². The SMILES string of the molecule is Nc1ccc(-c2ccccc2)nc1Br. The normalized spacial score (nSPS) is 10.1. The van der Waals surface area contributed by atoms with Gasteiger partial charge < -0.3 is 5.73 Å². The molecule has 0 aliphatic rings. The fourth-order valence-corrected chi connectivity index (χ4v) is 1.54. The zero-order valence-electron chi connectivity index (χ0n) is 7.44. The number of hydrogen-bond acceptors (Lipinski definition) is 2. The minimum absolute atomic E-state index is 0.657. The van der Waals surface area contributed by atoms with Gasteiger partial charge in [0.05, 0.1) is 11.4 Å². The second-order valence-corrected chi connectivity index (χ2v) is 3.69. The van der Waals surface area contributed by atoms with Gasteiger partial charge in [-0.2, -0.15) is 0 Å². The molecular formula is C11H9BrN2. The van der Waals surface area contributed by atoms with Crippen LogP contribution < -0.4 is 5.73 Å². The third-order valence-corrected chi connectivity index (χ3v) is 2.58. The van der Waals surface area contributed by atoms with Crippen LogP contribution in [0.3, 0.4) is 0 Å². The number of anilines is 1. The summed E-state index contributed by atoms with van der Waals surface area (Å²) in [6, 6.07) is 13.8. The molecule has 0 fully saturated rings. The van der Waals surface area contributed by atoms with Crippen LogP contribution in [0.5, 0.6) is 0 Å². The van der Waals surface area contributed by atoms with Crippen LogP contribution in [0.4, 0.5) is 5.69 Å². The second-order valence-electron chi connectivity index (χ2n) is 2.94. The van der Waals surface area contributed by atoms with Crippen molar-refractivity contribution in [2.75, 3.05) is 5.73 Å². The van der Waals surface area contributed by atoms with Crippen molar-refractivity contribution in [1.29, 1.82) is 0 Å². The maximum absolute atomic E-state index is 5.66. The lowest BCUT2D eigenvalue weighted by Gasteiger charge is -2.02. The molecule has 2 nitrogen and oxygen atoms in total.